The van der Waals surface area contributed by atoms with Crippen LogP contribution in [0, 0.1) is 11.6 Å². The molecular formula is C17H20F2N2O4. The number of rotatable bonds is 9. The van der Waals surface area contributed by atoms with Gasteiger partial charge in [0, 0.05) is 25.6 Å². The maximum absolute atomic E-state index is 13.4. The van der Waals surface area contributed by atoms with E-state index in [4.69, 9.17) is 4.74 Å². The maximum Gasteiger partial charge on any atom is 0.306 e. The highest BCUT2D eigenvalue weighted by molar-refractivity contribution is 5.94. The molecule has 1 atom stereocenters. The van der Waals surface area contributed by atoms with Crippen LogP contribution in [0.4, 0.5) is 8.78 Å². The number of ether oxygens (including phenoxy) is 1. The third-order valence-corrected chi connectivity index (χ3v) is 3.12. The normalized spacial score (nSPS) is 11.3. The standard InChI is InChI=1S/C17H20F2N2O4/c1-3-8-20-16(23)11(2)25-15(22)5-4-9-21-17(24)13-7-6-12(18)10-14(13)19/h3,6-7,10-11H,1,4-5,8-9H2,2H3,(H,20,23)(H,21,24). The third kappa shape index (κ3) is 7.11. The van der Waals surface area contributed by atoms with Crippen molar-refractivity contribution >= 4 is 17.8 Å². The van der Waals surface area contributed by atoms with Crippen LogP contribution in [0.15, 0.2) is 30.9 Å². The van der Waals surface area contributed by atoms with Crippen LogP contribution in [-0.2, 0) is 14.3 Å². The summed E-state index contributed by atoms with van der Waals surface area (Å²) in [6.07, 6.45) is 0.786. The smallest absolute Gasteiger partial charge is 0.306 e. The van der Waals surface area contributed by atoms with Crippen molar-refractivity contribution in [2.24, 2.45) is 0 Å². The maximum atomic E-state index is 13.4. The molecule has 6 nitrogen and oxygen atoms in total. The van der Waals surface area contributed by atoms with Gasteiger partial charge < -0.3 is 15.4 Å². The van der Waals surface area contributed by atoms with Gasteiger partial charge in [-0.05, 0) is 25.5 Å². The highest BCUT2D eigenvalue weighted by Crippen LogP contribution is 2.09. The topological polar surface area (TPSA) is 84.5 Å². The Labute approximate surface area is 144 Å². The van der Waals surface area contributed by atoms with Crippen molar-refractivity contribution in [2.45, 2.75) is 25.9 Å². The second kappa shape index (κ2) is 10.2. The quantitative estimate of drug-likeness (QED) is 0.402. The van der Waals surface area contributed by atoms with E-state index in [9.17, 15) is 23.2 Å². The Morgan fingerprint density at radius 3 is 2.64 bits per heavy atom. The average Bonchev–Trinajstić information content (AvgIpc) is 2.56. The molecule has 2 amide bonds. The van der Waals surface area contributed by atoms with Crippen LogP contribution in [0.2, 0.25) is 0 Å². The van der Waals surface area contributed by atoms with Gasteiger partial charge in [-0.25, -0.2) is 8.78 Å². The molecule has 0 aliphatic rings. The number of hydrogen-bond donors (Lipinski definition) is 2. The van der Waals surface area contributed by atoms with E-state index in [1.165, 1.54) is 13.0 Å². The zero-order valence-electron chi connectivity index (χ0n) is 13.8. The van der Waals surface area contributed by atoms with Gasteiger partial charge in [-0.2, -0.15) is 0 Å². The molecule has 1 aromatic carbocycles. The van der Waals surface area contributed by atoms with Crippen LogP contribution >= 0.6 is 0 Å². The van der Waals surface area contributed by atoms with Gasteiger partial charge in [-0.15, -0.1) is 6.58 Å². The van der Waals surface area contributed by atoms with Crippen molar-refractivity contribution in [2.75, 3.05) is 13.1 Å². The van der Waals surface area contributed by atoms with Crippen LogP contribution in [0.5, 0.6) is 0 Å². The molecule has 0 heterocycles. The number of amides is 2. The molecular weight excluding hydrogens is 334 g/mol. The Bertz CT molecular complexity index is 650. The number of carbonyl (C=O) groups excluding carboxylic acids is 3. The lowest BCUT2D eigenvalue weighted by Gasteiger charge is -2.12. The largest absolute Gasteiger partial charge is 0.453 e. The van der Waals surface area contributed by atoms with Gasteiger partial charge in [-0.3, -0.25) is 14.4 Å². The minimum absolute atomic E-state index is 0.0226. The number of halogens is 2. The molecule has 1 unspecified atom stereocenters. The Kier molecular flexibility index (Phi) is 8.25. The molecule has 2 N–H and O–H groups in total. The van der Waals surface area contributed by atoms with Crippen LogP contribution in [0.3, 0.4) is 0 Å². The number of nitrogens with one attached hydrogen (secondary N) is 2. The molecule has 0 fully saturated rings. The summed E-state index contributed by atoms with van der Waals surface area (Å²) in [5.74, 6) is -3.47. The van der Waals surface area contributed by atoms with Gasteiger partial charge in [0.15, 0.2) is 6.10 Å². The molecule has 0 aliphatic heterocycles. The van der Waals surface area contributed by atoms with E-state index in [0.29, 0.717) is 6.07 Å². The summed E-state index contributed by atoms with van der Waals surface area (Å²) in [5, 5.41) is 4.91. The molecule has 1 aromatic rings. The van der Waals surface area contributed by atoms with Gasteiger partial charge in [-0.1, -0.05) is 6.08 Å². The Morgan fingerprint density at radius 1 is 1.28 bits per heavy atom. The molecule has 0 spiro atoms. The number of hydrogen-bond acceptors (Lipinski definition) is 4. The second-order valence-electron chi connectivity index (χ2n) is 5.15. The molecule has 0 saturated carbocycles. The molecule has 25 heavy (non-hydrogen) atoms. The van der Waals surface area contributed by atoms with E-state index >= 15 is 0 Å². The van der Waals surface area contributed by atoms with Gasteiger partial charge in [0.2, 0.25) is 0 Å². The predicted octanol–water partition coefficient (Wildman–Crippen LogP) is 1.71. The van der Waals surface area contributed by atoms with Crippen LogP contribution in [0.1, 0.15) is 30.1 Å². The Morgan fingerprint density at radius 2 is 2.00 bits per heavy atom. The van der Waals surface area contributed by atoms with Crippen molar-refractivity contribution in [1.29, 1.82) is 0 Å². The zero-order valence-corrected chi connectivity index (χ0v) is 13.8. The lowest BCUT2D eigenvalue weighted by Crippen LogP contribution is -2.36. The van der Waals surface area contributed by atoms with Crippen LogP contribution in [0.25, 0.3) is 0 Å². The average molecular weight is 354 g/mol. The lowest BCUT2D eigenvalue weighted by molar-refractivity contribution is -0.154. The van der Waals surface area contributed by atoms with E-state index in [1.807, 2.05) is 0 Å². The van der Waals surface area contributed by atoms with E-state index in [2.05, 4.69) is 17.2 Å². The first-order valence-electron chi connectivity index (χ1n) is 7.66. The minimum Gasteiger partial charge on any atom is -0.453 e. The molecule has 0 radical (unpaired) electrons. The Balaban J connectivity index is 2.30. The lowest BCUT2D eigenvalue weighted by atomic mass is 10.2. The van der Waals surface area contributed by atoms with Gasteiger partial charge >= 0.3 is 5.97 Å². The van der Waals surface area contributed by atoms with Crippen molar-refractivity contribution in [3.8, 4) is 0 Å². The summed E-state index contributed by atoms with van der Waals surface area (Å²) >= 11 is 0. The van der Waals surface area contributed by atoms with Crippen molar-refractivity contribution in [3.05, 3.63) is 48.1 Å². The summed E-state index contributed by atoms with van der Waals surface area (Å²) in [5.41, 5.74) is -0.281. The molecule has 8 heteroatoms. The van der Waals surface area contributed by atoms with E-state index in [1.54, 1.807) is 0 Å². The number of carbonyl (C=O) groups is 3. The first kappa shape index (κ1) is 20.3. The molecule has 0 aliphatic carbocycles. The molecule has 0 bridgehead atoms. The fourth-order valence-corrected chi connectivity index (χ4v) is 1.83. The van der Waals surface area contributed by atoms with Gasteiger partial charge in [0.25, 0.3) is 11.8 Å². The first-order chi connectivity index (χ1) is 11.8. The highest BCUT2D eigenvalue weighted by Gasteiger charge is 2.17. The van der Waals surface area contributed by atoms with E-state index in [0.717, 1.165) is 12.1 Å². The summed E-state index contributed by atoms with van der Waals surface area (Å²) in [4.78, 5) is 34.9. The predicted molar refractivity (Wildman–Crippen MR) is 86.7 cm³/mol. The molecule has 1 rings (SSSR count). The molecule has 0 aromatic heterocycles. The number of esters is 1. The van der Waals surface area contributed by atoms with E-state index < -0.39 is 35.5 Å². The van der Waals surface area contributed by atoms with Crippen molar-refractivity contribution in [3.63, 3.8) is 0 Å². The van der Waals surface area contributed by atoms with Crippen molar-refractivity contribution in [1.82, 2.24) is 10.6 Å². The van der Waals surface area contributed by atoms with Crippen molar-refractivity contribution < 1.29 is 27.9 Å². The zero-order chi connectivity index (χ0) is 18.8. The summed E-state index contributed by atoms with van der Waals surface area (Å²) < 4.78 is 31.1. The third-order valence-electron chi connectivity index (χ3n) is 3.12. The fraction of sp³-hybridized carbons (Fsp3) is 0.353. The van der Waals surface area contributed by atoms with E-state index in [-0.39, 0.29) is 31.5 Å². The number of benzene rings is 1. The SMILES string of the molecule is C=CCNC(=O)C(C)OC(=O)CCCNC(=O)c1ccc(F)cc1F. The highest BCUT2D eigenvalue weighted by atomic mass is 19.1. The minimum atomic E-state index is -0.962. The first-order valence-corrected chi connectivity index (χ1v) is 7.66. The van der Waals surface area contributed by atoms with Gasteiger partial charge in [0.05, 0.1) is 5.56 Å². The molecule has 136 valence electrons. The van der Waals surface area contributed by atoms with Crippen LogP contribution in [-0.4, -0.2) is 37.0 Å². The van der Waals surface area contributed by atoms with Gasteiger partial charge in [0.1, 0.15) is 11.6 Å². The summed E-state index contributed by atoms with van der Waals surface area (Å²) in [7, 11) is 0. The fourth-order valence-electron chi connectivity index (χ4n) is 1.83. The monoisotopic (exact) mass is 354 g/mol. The second-order valence-corrected chi connectivity index (χ2v) is 5.15. The summed E-state index contributed by atoms with van der Waals surface area (Å²) in [6.45, 7) is 5.26. The van der Waals surface area contributed by atoms with Crippen LogP contribution < -0.4 is 10.6 Å². The summed E-state index contributed by atoms with van der Waals surface area (Å²) in [6, 6.07) is 2.64. The molecule has 0 saturated heterocycles. The Hall–Kier alpha value is -2.77.